The van der Waals surface area contributed by atoms with Gasteiger partial charge in [0.1, 0.15) is 6.10 Å². The maximum Gasteiger partial charge on any atom is 0.303 e. The molecule has 2 aliphatic rings. The van der Waals surface area contributed by atoms with Gasteiger partial charge in [-0.25, -0.2) is 0 Å². The Morgan fingerprint density at radius 1 is 1.33 bits per heavy atom. The zero-order valence-electron chi connectivity index (χ0n) is 10.4. The monoisotopic (exact) mass is 244 g/mol. The first kappa shape index (κ1) is 11.5. The van der Waals surface area contributed by atoms with E-state index in [1.165, 1.54) is 23.6 Å². The van der Waals surface area contributed by atoms with Gasteiger partial charge in [0.15, 0.2) is 0 Å². The second kappa shape index (κ2) is 4.58. The molecule has 3 rings (SSSR count). The molecule has 0 bridgehead atoms. The lowest BCUT2D eigenvalue weighted by Gasteiger charge is -2.33. The highest BCUT2D eigenvalue weighted by Crippen LogP contribution is 2.36. The summed E-state index contributed by atoms with van der Waals surface area (Å²) in [5.74, 6) is -0.222. The fraction of sp³-hybridized carbons (Fsp3) is 0.400. The maximum absolute atomic E-state index is 11.0. The summed E-state index contributed by atoms with van der Waals surface area (Å²) in [6.45, 7) is 2.13. The van der Waals surface area contributed by atoms with Gasteiger partial charge in [-0.2, -0.15) is 0 Å². The molecule has 1 heterocycles. The molecule has 0 N–H and O–H groups in total. The molecule has 0 amide bonds. The van der Waals surface area contributed by atoms with Gasteiger partial charge in [0.05, 0.1) is 12.7 Å². The Morgan fingerprint density at radius 3 is 3.00 bits per heavy atom. The van der Waals surface area contributed by atoms with Crippen LogP contribution in [0, 0.1) is 0 Å². The lowest BCUT2D eigenvalue weighted by atomic mass is 9.85. The van der Waals surface area contributed by atoms with Crippen molar-refractivity contribution in [2.75, 3.05) is 0 Å². The van der Waals surface area contributed by atoms with Crippen molar-refractivity contribution < 1.29 is 14.3 Å². The fourth-order valence-corrected chi connectivity index (χ4v) is 2.72. The van der Waals surface area contributed by atoms with E-state index in [2.05, 4.69) is 12.1 Å². The standard InChI is InChI=1S/C15H16O3/c1-10(16)18-12-6-7-15-14(8-12)13-5-3-2-4-11(13)9-17-15/h2-5,8,12,15H,6-7,9H2,1H3/t12-,15+/m1/s1. The molecule has 1 aliphatic carbocycles. The van der Waals surface area contributed by atoms with Gasteiger partial charge in [0.25, 0.3) is 0 Å². The zero-order chi connectivity index (χ0) is 12.5. The predicted molar refractivity (Wildman–Crippen MR) is 67.8 cm³/mol. The van der Waals surface area contributed by atoms with Crippen molar-refractivity contribution in [1.29, 1.82) is 0 Å². The number of fused-ring (bicyclic) bond motifs is 3. The molecule has 0 aromatic heterocycles. The largest absolute Gasteiger partial charge is 0.458 e. The van der Waals surface area contributed by atoms with Crippen LogP contribution < -0.4 is 0 Å². The van der Waals surface area contributed by atoms with Crippen LogP contribution in [-0.2, 0) is 20.9 Å². The summed E-state index contributed by atoms with van der Waals surface area (Å²) < 4.78 is 11.1. The van der Waals surface area contributed by atoms with E-state index in [-0.39, 0.29) is 18.2 Å². The van der Waals surface area contributed by atoms with Gasteiger partial charge in [-0.15, -0.1) is 0 Å². The molecule has 0 radical (unpaired) electrons. The summed E-state index contributed by atoms with van der Waals surface area (Å²) in [5.41, 5.74) is 3.63. The first-order valence-corrected chi connectivity index (χ1v) is 6.33. The van der Waals surface area contributed by atoms with Crippen LogP contribution in [0.2, 0.25) is 0 Å². The molecule has 2 atom stereocenters. The highest BCUT2D eigenvalue weighted by atomic mass is 16.5. The molecule has 1 aromatic rings. The number of carbonyl (C=O) groups is 1. The average Bonchev–Trinajstić information content (AvgIpc) is 2.38. The zero-order valence-corrected chi connectivity index (χ0v) is 10.4. The molecule has 0 spiro atoms. The van der Waals surface area contributed by atoms with Gasteiger partial charge in [-0.3, -0.25) is 4.79 Å². The number of hydrogen-bond donors (Lipinski definition) is 0. The molecule has 94 valence electrons. The normalized spacial score (nSPS) is 25.7. The van der Waals surface area contributed by atoms with E-state index in [1.54, 1.807) is 0 Å². The quantitative estimate of drug-likeness (QED) is 0.712. The van der Waals surface area contributed by atoms with Gasteiger partial charge in [-0.05, 0) is 35.6 Å². The molecular weight excluding hydrogens is 228 g/mol. The van der Waals surface area contributed by atoms with Crippen molar-refractivity contribution in [3.05, 3.63) is 41.5 Å². The fourth-order valence-electron chi connectivity index (χ4n) is 2.72. The Kier molecular flexibility index (Phi) is 2.92. The van der Waals surface area contributed by atoms with E-state index in [1.807, 2.05) is 18.2 Å². The number of rotatable bonds is 1. The Hall–Kier alpha value is -1.61. The topological polar surface area (TPSA) is 35.5 Å². The number of carbonyl (C=O) groups excluding carboxylic acids is 1. The Balaban J connectivity index is 1.95. The van der Waals surface area contributed by atoms with Crippen molar-refractivity contribution in [2.24, 2.45) is 0 Å². The first-order chi connectivity index (χ1) is 8.74. The van der Waals surface area contributed by atoms with Gasteiger partial charge < -0.3 is 9.47 Å². The molecule has 18 heavy (non-hydrogen) atoms. The Bertz CT molecular complexity index is 504. The first-order valence-electron chi connectivity index (χ1n) is 6.33. The van der Waals surface area contributed by atoms with Crippen LogP contribution in [0.4, 0.5) is 0 Å². The molecule has 0 saturated heterocycles. The van der Waals surface area contributed by atoms with Crippen LogP contribution >= 0.6 is 0 Å². The molecule has 3 nitrogen and oxygen atoms in total. The minimum absolute atomic E-state index is 0.108. The summed E-state index contributed by atoms with van der Waals surface area (Å²) in [6.07, 6.45) is 3.86. The van der Waals surface area contributed by atoms with Crippen molar-refractivity contribution in [1.82, 2.24) is 0 Å². The Labute approximate surface area is 106 Å². The molecular formula is C15H16O3. The highest BCUT2D eigenvalue weighted by molar-refractivity contribution is 5.74. The summed E-state index contributed by atoms with van der Waals surface area (Å²) in [5, 5.41) is 0. The number of esters is 1. The van der Waals surface area contributed by atoms with Crippen LogP contribution in [0.25, 0.3) is 5.57 Å². The number of hydrogen-bond acceptors (Lipinski definition) is 3. The van der Waals surface area contributed by atoms with Crippen LogP contribution in [0.1, 0.15) is 30.9 Å². The van der Waals surface area contributed by atoms with Crippen molar-refractivity contribution >= 4 is 11.5 Å². The maximum atomic E-state index is 11.0. The van der Waals surface area contributed by atoms with E-state index in [4.69, 9.17) is 9.47 Å². The molecule has 1 aromatic carbocycles. The molecule has 0 unspecified atom stereocenters. The van der Waals surface area contributed by atoms with Gasteiger partial charge in [-0.1, -0.05) is 24.3 Å². The molecule has 0 saturated carbocycles. The van der Waals surface area contributed by atoms with E-state index in [9.17, 15) is 4.79 Å². The van der Waals surface area contributed by atoms with Crippen molar-refractivity contribution in [2.45, 2.75) is 38.6 Å². The van der Waals surface area contributed by atoms with E-state index in [0.717, 1.165) is 12.8 Å². The third-order valence-corrected chi connectivity index (χ3v) is 3.51. The second-order valence-electron chi connectivity index (χ2n) is 4.80. The van der Waals surface area contributed by atoms with Crippen molar-refractivity contribution in [3.8, 4) is 0 Å². The summed E-state index contributed by atoms with van der Waals surface area (Å²) in [4.78, 5) is 11.0. The van der Waals surface area contributed by atoms with E-state index in [0.29, 0.717) is 6.61 Å². The lowest BCUT2D eigenvalue weighted by Crippen LogP contribution is -2.29. The van der Waals surface area contributed by atoms with Gasteiger partial charge >= 0.3 is 5.97 Å². The molecule has 3 heteroatoms. The Morgan fingerprint density at radius 2 is 2.17 bits per heavy atom. The predicted octanol–water partition coefficient (Wildman–Crippen LogP) is 2.69. The third-order valence-electron chi connectivity index (χ3n) is 3.51. The van der Waals surface area contributed by atoms with Crippen molar-refractivity contribution in [3.63, 3.8) is 0 Å². The highest BCUT2D eigenvalue weighted by Gasteiger charge is 2.30. The van der Waals surface area contributed by atoms with Crippen LogP contribution in [0.15, 0.2) is 30.3 Å². The molecule has 1 aliphatic heterocycles. The minimum Gasteiger partial charge on any atom is -0.458 e. The van der Waals surface area contributed by atoms with E-state index >= 15 is 0 Å². The summed E-state index contributed by atoms with van der Waals surface area (Å²) in [7, 11) is 0. The second-order valence-corrected chi connectivity index (χ2v) is 4.80. The smallest absolute Gasteiger partial charge is 0.303 e. The number of ether oxygens (including phenoxy) is 2. The average molecular weight is 244 g/mol. The van der Waals surface area contributed by atoms with E-state index < -0.39 is 0 Å². The SMILES string of the molecule is CC(=O)O[C@H]1C=C2c3ccccc3CO[C@H]2CC1. The summed E-state index contributed by atoms with van der Waals surface area (Å²) >= 11 is 0. The summed E-state index contributed by atoms with van der Waals surface area (Å²) in [6, 6.07) is 8.27. The lowest BCUT2D eigenvalue weighted by molar-refractivity contribution is -0.144. The third kappa shape index (κ3) is 2.06. The molecule has 0 fully saturated rings. The van der Waals surface area contributed by atoms with Crippen LogP contribution in [0.5, 0.6) is 0 Å². The van der Waals surface area contributed by atoms with Crippen LogP contribution in [-0.4, -0.2) is 18.2 Å². The van der Waals surface area contributed by atoms with Gasteiger partial charge in [0.2, 0.25) is 0 Å². The number of benzene rings is 1. The minimum atomic E-state index is -0.222. The van der Waals surface area contributed by atoms with Gasteiger partial charge in [0, 0.05) is 6.92 Å². The van der Waals surface area contributed by atoms with Crippen LogP contribution in [0.3, 0.4) is 0 Å².